The highest BCUT2D eigenvalue weighted by molar-refractivity contribution is 14.0. The molecule has 0 saturated carbocycles. The Kier molecular flexibility index (Phi) is 11.1. The molecule has 1 heterocycles. The van der Waals surface area contributed by atoms with Crippen LogP contribution in [-0.2, 0) is 17.5 Å². The van der Waals surface area contributed by atoms with E-state index in [0.717, 1.165) is 43.8 Å². The fourth-order valence-corrected chi connectivity index (χ4v) is 3.09. The number of nitrogens with one attached hydrogen (secondary N) is 2. The number of amides is 1. The fraction of sp³-hybridized carbons (Fsp3) is 0.619. The SMILES string of the molecule is CC(C)CNC(=NCC(=O)N(C)C)NC1CCN(Cc2ccc(C(F)(F)F)cc2)C1.I. The summed E-state index contributed by atoms with van der Waals surface area (Å²) >= 11 is 0. The molecule has 1 aromatic carbocycles. The van der Waals surface area contributed by atoms with Crippen LogP contribution in [0.3, 0.4) is 0 Å². The molecule has 10 heteroatoms. The first-order chi connectivity index (χ1) is 14.0. The van der Waals surface area contributed by atoms with Crippen LogP contribution in [0.15, 0.2) is 29.3 Å². The van der Waals surface area contributed by atoms with E-state index in [2.05, 4.69) is 34.4 Å². The number of halogens is 4. The van der Waals surface area contributed by atoms with Gasteiger partial charge in [-0.05, 0) is 30.0 Å². The van der Waals surface area contributed by atoms with Crippen LogP contribution in [-0.4, -0.2) is 68.0 Å². The van der Waals surface area contributed by atoms with E-state index >= 15 is 0 Å². The van der Waals surface area contributed by atoms with E-state index in [4.69, 9.17) is 0 Å². The molecule has 1 aromatic rings. The molecule has 1 unspecified atom stereocenters. The van der Waals surface area contributed by atoms with Gasteiger partial charge in [0.15, 0.2) is 5.96 Å². The number of hydrogen-bond donors (Lipinski definition) is 2. The van der Waals surface area contributed by atoms with Crippen molar-refractivity contribution in [2.45, 2.75) is 39.0 Å². The molecule has 2 N–H and O–H groups in total. The monoisotopic (exact) mass is 555 g/mol. The average molecular weight is 555 g/mol. The molecule has 1 atom stereocenters. The van der Waals surface area contributed by atoms with Crippen molar-refractivity contribution in [1.29, 1.82) is 0 Å². The van der Waals surface area contributed by atoms with Gasteiger partial charge < -0.3 is 15.5 Å². The number of alkyl halides is 3. The Morgan fingerprint density at radius 2 is 1.90 bits per heavy atom. The number of aliphatic imine (C=N–C) groups is 1. The number of nitrogens with zero attached hydrogens (tertiary/aromatic N) is 3. The molecule has 1 fully saturated rings. The van der Waals surface area contributed by atoms with Crippen LogP contribution in [0.5, 0.6) is 0 Å². The van der Waals surface area contributed by atoms with Gasteiger partial charge >= 0.3 is 6.18 Å². The van der Waals surface area contributed by atoms with Crippen molar-refractivity contribution >= 4 is 35.8 Å². The van der Waals surface area contributed by atoms with Crippen molar-refractivity contribution in [2.75, 3.05) is 40.3 Å². The third kappa shape index (κ3) is 9.63. The molecule has 1 amide bonds. The van der Waals surface area contributed by atoms with Crippen LogP contribution >= 0.6 is 24.0 Å². The van der Waals surface area contributed by atoms with Gasteiger partial charge in [0.1, 0.15) is 6.54 Å². The first-order valence-corrected chi connectivity index (χ1v) is 10.2. The average Bonchev–Trinajstić information content (AvgIpc) is 3.10. The van der Waals surface area contributed by atoms with Crippen molar-refractivity contribution in [3.63, 3.8) is 0 Å². The summed E-state index contributed by atoms with van der Waals surface area (Å²) in [6, 6.07) is 5.49. The number of guanidine groups is 1. The second-order valence-electron chi connectivity index (χ2n) is 8.29. The van der Waals surface area contributed by atoms with Gasteiger partial charge in [0.05, 0.1) is 5.56 Å². The van der Waals surface area contributed by atoms with Crippen LogP contribution in [0.1, 0.15) is 31.4 Å². The molecule has 1 saturated heterocycles. The molecule has 0 radical (unpaired) electrons. The van der Waals surface area contributed by atoms with E-state index in [9.17, 15) is 18.0 Å². The summed E-state index contributed by atoms with van der Waals surface area (Å²) in [5.74, 6) is 0.970. The lowest BCUT2D eigenvalue weighted by Crippen LogP contribution is -2.46. The summed E-state index contributed by atoms with van der Waals surface area (Å²) in [7, 11) is 3.39. The topological polar surface area (TPSA) is 60.0 Å². The summed E-state index contributed by atoms with van der Waals surface area (Å²) in [6.45, 7) is 7.19. The van der Waals surface area contributed by atoms with E-state index in [0.29, 0.717) is 18.4 Å². The van der Waals surface area contributed by atoms with E-state index in [1.54, 1.807) is 14.1 Å². The standard InChI is InChI=1S/C21H32F3N5O.HI/c1-15(2)11-25-20(26-12-19(30)28(3)4)27-18-9-10-29(14-18)13-16-5-7-17(8-6-16)21(22,23)24;/h5-8,15,18H,9-14H2,1-4H3,(H2,25,26,27);1H. The third-order valence-electron chi connectivity index (χ3n) is 4.85. The van der Waals surface area contributed by atoms with Gasteiger partial charge in [-0.3, -0.25) is 9.69 Å². The molecule has 1 aliphatic heterocycles. The zero-order valence-electron chi connectivity index (χ0n) is 18.5. The molecule has 176 valence electrons. The molecule has 2 rings (SSSR count). The van der Waals surface area contributed by atoms with Gasteiger partial charge in [-0.15, -0.1) is 24.0 Å². The van der Waals surface area contributed by atoms with Crippen LogP contribution in [0.25, 0.3) is 0 Å². The summed E-state index contributed by atoms with van der Waals surface area (Å²) in [6.07, 6.45) is -3.42. The Hall–Kier alpha value is -1.56. The summed E-state index contributed by atoms with van der Waals surface area (Å²) in [5, 5.41) is 6.66. The molecular formula is C21H33F3IN5O. The zero-order chi connectivity index (χ0) is 22.3. The quantitative estimate of drug-likeness (QED) is 0.309. The summed E-state index contributed by atoms with van der Waals surface area (Å²) < 4.78 is 38.1. The zero-order valence-corrected chi connectivity index (χ0v) is 20.8. The highest BCUT2D eigenvalue weighted by atomic mass is 127. The predicted molar refractivity (Wildman–Crippen MR) is 128 cm³/mol. The molecule has 0 bridgehead atoms. The Balaban J connectivity index is 0.00000480. The van der Waals surface area contributed by atoms with Crippen LogP contribution in [0.4, 0.5) is 13.2 Å². The lowest BCUT2D eigenvalue weighted by molar-refractivity contribution is -0.137. The fourth-order valence-electron chi connectivity index (χ4n) is 3.09. The second kappa shape index (κ2) is 12.5. The van der Waals surface area contributed by atoms with Crippen molar-refractivity contribution in [3.8, 4) is 0 Å². The van der Waals surface area contributed by atoms with Gasteiger partial charge in [0.25, 0.3) is 0 Å². The number of likely N-dealkylation sites (tertiary alicyclic amines) is 1. The lowest BCUT2D eigenvalue weighted by Gasteiger charge is -2.20. The van der Waals surface area contributed by atoms with Crippen molar-refractivity contribution in [3.05, 3.63) is 35.4 Å². The maximum atomic E-state index is 12.7. The summed E-state index contributed by atoms with van der Waals surface area (Å²) in [4.78, 5) is 20.0. The smallest absolute Gasteiger partial charge is 0.356 e. The number of carbonyl (C=O) groups is 1. The molecular weight excluding hydrogens is 522 g/mol. The summed E-state index contributed by atoms with van der Waals surface area (Å²) in [5.41, 5.74) is 0.226. The predicted octanol–water partition coefficient (Wildman–Crippen LogP) is 3.18. The molecule has 31 heavy (non-hydrogen) atoms. The van der Waals surface area contributed by atoms with Crippen LogP contribution in [0.2, 0.25) is 0 Å². The third-order valence-corrected chi connectivity index (χ3v) is 4.85. The molecule has 1 aliphatic rings. The van der Waals surface area contributed by atoms with Gasteiger partial charge in [0, 0.05) is 46.3 Å². The van der Waals surface area contributed by atoms with Crippen molar-refractivity contribution < 1.29 is 18.0 Å². The number of benzene rings is 1. The highest BCUT2D eigenvalue weighted by Crippen LogP contribution is 2.29. The minimum Gasteiger partial charge on any atom is -0.356 e. The van der Waals surface area contributed by atoms with Gasteiger partial charge in [-0.25, -0.2) is 4.99 Å². The van der Waals surface area contributed by atoms with Crippen LogP contribution < -0.4 is 10.6 Å². The van der Waals surface area contributed by atoms with Gasteiger partial charge in [-0.1, -0.05) is 26.0 Å². The Bertz CT molecular complexity index is 723. The minimum atomic E-state index is -4.31. The maximum absolute atomic E-state index is 12.7. The number of likely N-dealkylation sites (N-methyl/N-ethyl adjacent to an activating group) is 1. The number of rotatable bonds is 7. The second-order valence-corrected chi connectivity index (χ2v) is 8.29. The van der Waals surface area contributed by atoms with Crippen molar-refractivity contribution in [1.82, 2.24) is 20.4 Å². The Morgan fingerprint density at radius 3 is 2.45 bits per heavy atom. The molecule has 0 aliphatic carbocycles. The molecule has 6 nitrogen and oxygen atoms in total. The van der Waals surface area contributed by atoms with E-state index in [-0.39, 0.29) is 42.5 Å². The Morgan fingerprint density at radius 1 is 1.26 bits per heavy atom. The molecule has 0 spiro atoms. The normalized spacial score (nSPS) is 17.4. The molecule has 0 aromatic heterocycles. The van der Waals surface area contributed by atoms with Gasteiger partial charge in [-0.2, -0.15) is 13.2 Å². The van der Waals surface area contributed by atoms with Crippen LogP contribution in [0, 0.1) is 5.92 Å². The van der Waals surface area contributed by atoms with E-state index < -0.39 is 11.7 Å². The largest absolute Gasteiger partial charge is 0.416 e. The lowest BCUT2D eigenvalue weighted by atomic mass is 10.1. The first kappa shape index (κ1) is 27.5. The van der Waals surface area contributed by atoms with E-state index in [1.807, 2.05) is 0 Å². The number of hydrogen-bond acceptors (Lipinski definition) is 3. The van der Waals surface area contributed by atoms with Crippen molar-refractivity contribution in [2.24, 2.45) is 10.9 Å². The number of carbonyl (C=O) groups excluding carboxylic acids is 1. The Labute approximate surface area is 199 Å². The van der Waals surface area contributed by atoms with Gasteiger partial charge in [0.2, 0.25) is 5.91 Å². The first-order valence-electron chi connectivity index (χ1n) is 10.2. The highest BCUT2D eigenvalue weighted by Gasteiger charge is 2.30. The van der Waals surface area contributed by atoms with E-state index in [1.165, 1.54) is 17.0 Å². The maximum Gasteiger partial charge on any atom is 0.416 e. The minimum absolute atomic E-state index is 0.